The molecular weight excluding hydrogens is 226 g/mol. The predicted molar refractivity (Wildman–Crippen MR) is 74.8 cm³/mol. The van der Waals surface area contributed by atoms with Gasteiger partial charge in [-0.1, -0.05) is 26.8 Å². The van der Waals surface area contributed by atoms with E-state index in [0.717, 1.165) is 29.7 Å². The van der Waals surface area contributed by atoms with E-state index in [-0.39, 0.29) is 5.41 Å². The maximum Gasteiger partial charge on any atom is 0.201 e. The second-order valence-electron chi connectivity index (χ2n) is 5.40. The number of rotatable bonds is 4. The van der Waals surface area contributed by atoms with Crippen molar-refractivity contribution in [3.63, 3.8) is 0 Å². The number of nitrogens with two attached hydrogens (primary N) is 1. The number of benzene rings is 1. The lowest BCUT2D eigenvalue weighted by molar-refractivity contribution is 0.300. The van der Waals surface area contributed by atoms with Gasteiger partial charge in [-0.15, -0.1) is 0 Å². The van der Waals surface area contributed by atoms with Crippen LogP contribution in [0, 0.1) is 5.41 Å². The van der Waals surface area contributed by atoms with Gasteiger partial charge in [0.15, 0.2) is 0 Å². The van der Waals surface area contributed by atoms with Crippen LogP contribution in [-0.2, 0) is 6.54 Å². The molecule has 2 aromatic rings. The van der Waals surface area contributed by atoms with Crippen molar-refractivity contribution in [3.05, 3.63) is 18.2 Å². The van der Waals surface area contributed by atoms with Crippen LogP contribution < -0.4 is 10.5 Å². The molecule has 0 atom stereocenters. The molecule has 0 saturated heterocycles. The van der Waals surface area contributed by atoms with Crippen molar-refractivity contribution in [2.75, 3.05) is 12.8 Å². The van der Waals surface area contributed by atoms with Gasteiger partial charge in [0.05, 0.1) is 12.6 Å². The van der Waals surface area contributed by atoms with E-state index >= 15 is 0 Å². The van der Waals surface area contributed by atoms with Crippen molar-refractivity contribution < 1.29 is 4.74 Å². The molecule has 0 aliphatic carbocycles. The molecule has 0 fully saturated rings. The topological polar surface area (TPSA) is 53.1 Å². The monoisotopic (exact) mass is 247 g/mol. The zero-order valence-electron chi connectivity index (χ0n) is 11.5. The van der Waals surface area contributed by atoms with Crippen LogP contribution in [0.1, 0.15) is 27.2 Å². The summed E-state index contributed by atoms with van der Waals surface area (Å²) in [5, 5.41) is 0. The Hall–Kier alpha value is -1.71. The molecule has 1 heterocycles. The molecule has 0 aliphatic rings. The maximum atomic E-state index is 6.04. The SMILES string of the molecule is CCC(C)(C)Cn1c(N)nc2c(OC)cccc21. The summed E-state index contributed by atoms with van der Waals surface area (Å²) in [5.74, 6) is 1.32. The van der Waals surface area contributed by atoms with Crippen LogP contribution in [0.5, 0.6) is 5.75 Å². The zero-order chi connectivity index (χ0) is 13.3. The van der Waals surface area contributed by atoms with Gasteiger partial charge in [0.25, 0.3) is 0 Å². The predicted octanol–water partition coefficient (Wildman–Crippen LogP) is 3.06. The molecule has 98 valence electrons. The van der Waals surface area contributed by atoms with Crippen LogP contribution in [0.15, 0.2) is 18.2 Å². The quantitative estimate of drug-likeness (QED) is 0.903. The van der Waals surface area contributed by atoms with Crippen LogP contribution in [0.3, 0.4) is 0 Å². The third-order valence-corrected chi connectivity index (χ3v) is 3.53. The number of anilines is 1. The molecule has 0 bridgehead atoms. The minimum absolute atomic E-state index is 0.199. The van der Waals surface area contributed by atoms with Gasteiger partial charge in [-0.3, -0.25) is 0 Å². The Morgan fingerprint density at radius 3 is 2.72 bits per heavy atom. The van der Waals surface area contributed by atoms with Crippen molar-refractivity contribution in [3.8, 4) is 5.75 Å². The second-order valence-corrected chi connectivity index (χ2v) is 5.40. The Kier molecular flexibility index (Phi) is 3.20. The standard InChI is InChI=1S/C14H21N3O/c1-5-14(2,3)9-17-10-7-6-8-11(18-4)12(10)16-13(17)15/h6-8H,5,9H2,1-4H3,(H2,15,16). The molecule has 0 radical (unpaired) electrons. The first kappa shape index (κ1) is 12.7. The van der Waals surface area contributed by atoms with E-state index in [0.29, 0.717) is 5.95 Å². The van der Waals surface area contributed by atoms with Gasteiger partial charge in [0, 0.05) is 6.54 Å². The number of imidazole rings is 1. The fourth-order valence-electron chi connectivity index (χ4n) is 2.01. The molecule has 0 amide bonds. The summed E-state index contributed by atoms with van der Waals surface area (Å²) in [6.45, 7) is 7.52. The summed E-state index contributed by atoms with van der Waals surface area (Å²) in [6, 6.07) is 5.91. The van der Waals surface area contributed by atoms with Gasteiger partial charge < -0.3 is 15.0 Å². The highest BCUT2D eigenvalue weighted by molar-refractivity contribution is 5.84. The summed E-state index contributed by atoms with van der Waals surface area (Å²) in [7, 11) is 1.65. The smallest absolute Gasteiger partial charge is 0.201 e. The lowest BCUT2D eigenvalue weighted by atomic mass is 9.90. The number of methoxy groups -OCH3 is 1. The Bertz CT molecular complexity index is 557. The summed E-state index contributed by atoms with van der Waals surface area (Å²) in [4.78, 5) is 4.42. The summed E-state index contributed by atoms with van der Waals surface area (Å²) in [6.07, 6.45) is 1.09. The maximum absolute atomic E-state index is 6.04. The van der Waals surface area contributed by atoms with Gasteiger partial charge in [-0.2, -0.15) is 0 Å². The van der Waals surface area contributed by atoms with Gasteiger partial charge >= 0.3 is 0 Å². The lowest BCUT2D eigenvalue weighted by Crippen LogP contribution is -2.19. The molecule has 1 aromatic heterocycles. The van der Waals surface area contributed by atoms with Gasteiger partial charge in [-0.25, -0.2) is 4.98 Å². The highest BCUT2D eigenvalue weighted by Crippen LogP contribution is 2.30. The van der Waals surface area contributed by atoms with E-state index in [1.165, 1.54) is 0 Å². The van der Waals surface area contributed by atoms with Crippen molar-refractivity contribution in [1.29, 1.82) is 0 Å². The van der Waals surface area contributed by atoms with Crippen molar-refractivity contribution >= 4 is 17.0 Å². The molecule has 18 heavy (non-hydrogen) atoms. The van der Waals surface area contributed by atoms with E-state index in [1.807, 2.05) is 18.2 Å². The summed E-state index contributed by atoms with van der Waals surface area (Å²) >= 11 is 0. The fourth-order valence-corrected chi connectivity index (χ4v) is 2.01. The third kappa shape index (κ3) is 2.15. The van der Waals surface area contributed by atoms with E-state index in [4.69, 9.17) is 10.5 Å². The molecule has 0 spiro atoms. The summed E-state index contributed by atoms with van der Waals surface area (Å²) in [5.41, 5.74) is 8.11. The number of hydrogen-bond acceptors (Lipinski definition) is 3. The lowest BCUT2D eigenvalue weighted by Gasteiger charge is -2.24. The Morgan fingerprint density at radius 1 is 1.39 bits per heavy atom. The van der Waals surface area contributed by atoms with E-state index in [9.17, 15) is 0 Å². The minimum atomic E-state index is 0.199. The van der Waals surface area contributed by atoms with Crippen LogP contribution in [0.4, 0.5) is 5.95 Å². The highest BCUT2D eigenvalue weighted by Gasteiger charge is 2.20. The summed E-state index contributed by atoms with van der Waals surface area (Å²) < 4.78 is 7.39. The van der Waals surface area contributed by atoms with Crippen molar-refractivity contribution in [2.45, 2.75) is 33.7 Å². The van der Waals surface area contributed by atoms with E-state index < -0.39 is 0 Å². The number of nitrogens with zero attached hydrogens (tertiary/aromatic N) is 2. The second kappa shape index (κ2) is 4.52. The van der Waals surface area contributed by atoms with Crippen LogP contribution in [0.2, 0.25) is 0 Å². The van der Waals surface area contributed by atoms with Crippen molar-refractivity contribution in [2.24, 2.45) is 5.41 Å². The number of hydrogen-bond donors (Lipinski definition) is 1. The fraction of sp³-hybridized carbons (Fsp3) is 0.500. The molecule has 4 nitrogen and oxygen atoms in total. The zero-order valence-corrected chi connectivity index (χ0v) is 11.5. The molecule has 0 aliphatic heterocycles. The first-order valence-corrected chi connectivity index (χ1v) is 6.27. The normalized spacial score (nSPS) is 12.0. The highest BCUT2D eigenvalue weighted by atomic mass is 16.5. The van der Waals surface area contributed by atoms with E-state index in [1.54, 1.807) is 7.11 Å². The number of nitrogen functional groups attached to an aromatic ring is 1. The molecule has 0 unspecified atom stereocenters. The molecular formula is C14H21N3O. The first-order chi connectivity index (χ1) is 8.48. The average Bonchev–Trinajstić information content (AvgIpc) is 2.66. The van der Waals surface area contributed by atoms with Crippen LogP contribution in [0.25, 0.3) is 11.0 Å². The Labute approximate surface area is 108 Å². The molecule has 2 rings (SSSR count). The molecule has 2 N–H and O–H groups in total. The number of para-hydroxylation sites is 1. The molecule has 4 heteroatoms. The largest absolute Gasteiger partial charge is 0.494 e. The average molecular weight is 247 g/mol. The van der Waals surface area contributed by atoms with Gasteiger partial charge in [0.2, 0.25) is 5.95 Å². The van der Waals surface area contributed by atoms with Gasteiger partial charge in [0.1, 0.15) is 11.3 Å². The first-order valence-electron chi connectivity index (χ1n) is 6.27. The van der Waals surface area contributed by atoms with E-state index in [2.05, 4.69) is 30.3 Å². The number of fused-ring (bicyclic) bond motifs is 1. The van der Waals surface area contributed by atoms with Crippen LogP contribution >= 0.6 is 0 Å². The third-order valence-electron chi connectivity index (χ3n) is 3.53. The Balaban J connectivity index is 2.54. The molecule has 0 saturated carbocycles. The van der Waals surface area contributed by atoms with Crippen molar-refractivity contribution in [1.82, 2.24) is 9.55 Å². The number of aromatic nitrogens is 2. The number of ether oxygens (including phenoxy) is 1. The van der Waals surface area contributed by atoms with Crippen LogP contribution in [-0.4, -0.2) is 16.7 Å². The Morgan fingerprint density at radius 2 is 2.11 bits per heavy atom. The van der Waals surface area contributed by atoms with Gasteiger partial charge in [-0.05, 0) is 24.0 Å². The molecule has 1 aromatic carbocycles. The minimum Gasteiger partial charge on any atom is -0.494 e.